The summed E-state index contributed by atoms with van der Waals surface area (Å²) in [6.07, 6.45) is 30.6. The van der Waals surface area contributed by atoms with E-state index in [1.165, 1.54) is 0 Å². The number of unbranched alkanes of at least 4 members (excludes halogenated alkanes) is 1. The molecule has 0 atom stereocenters. The molecule has 176 valence electrons. The summed E-state index contributed by atoms with van der Waals surface area (Å²) in [6, 6.07) is 0. The molecule has 1 rings (SSSR count). The molecule has 6 heteroatoms. The van der Waals surface area contributed by atoms with Crippen LogP contribution in [0.4, 0.5) is 5.82 Å². The molecule has 0 bridgehead atoms. The fraction of sp³-hybridized carbons (Fsp3) is 0.423. The average Bonchev–Trinajstić information content (AvgIpc) is 2.76. The largest absolute Gasteiger partial charge is 0.326 e. The first-order valence-electron chi connectivity index (χ1n) is 11.2. The third-order valence-electron chi connectivity index (χ3n) is 4.40. The molecule has 0 fully saturated rings. The van der Waals surface area contributed by atoms with Gasteiger partial charge in [0.15, 0.2) is 0 Å². The number of amides is 1. The maximum absolute atomic E-state index is 12.1. The number of carbonyl (C=O) groups excluding carboxylic acids is 1. The van der Waals surface area contributed by atoms with E-state index >= 15 is 0 Å². The molecule has 0 radical (unpaired) electrons. The molecule has 0 saturated carbocycles. The number of nitrogens with zero attached hydrogens (tertiary/aromatic N) is 2. The molecule has 1 aromatic rings. The van der Waals surface area contributed by atoms with E-state index in [0.717, 1.165) is 50.5 Å². The smallest absolute Gasteiger partial charge is 0.225 e. The van der Waals surface area contributed by atoms with Crippen LogP contribution in [0, 0.1) is 6.92 Å². The van der Waals surface area contributed by atoms with Crippen molar-refractivity contribution in [2.75, 3.05) is 5.32 Å². The number of allylic oxidation sites excluding steroid dienone is 10. The zero-order valence-corrected chi connectivity index (χ0v) is 20.3. The number of nitrogens with one attached hydrogen (secondary N) is 1. The monoisotopic (exact) mass is 458 g/mol. The zero-order valence-electron chi connectivity index (χ0n) is 19.5. The van der Waals surface area contributed by atoms with Gasteiger partial charge in [-0.15, -0.1) is 12.4 Å². The molecule has 1 heterocycles. The second-order valence-electron chi connectivity index (χ2n) is 7.14. The Morgan fingerprint density at radius 1 is 0.938 bits per heavy atom. The number of hydrogen-bond donors (Lipinski definition) is 2. The van der Waals surface area contributed by atoms with Gasteiger partial charge in [0.2, 0.25) is 5.91 Å². The SMILES string of the molecule is CC/C=C\CC=CCC=CC/C=C\C/C=C\CCCC(=O)Nc1nc(C)ncc1CN.Cl. The van der Waals surface area contributed by atoms with Crippen LogP contribution in [0.5, 0.6) is 0 Å². The Kier molecular flexibility index (Phi) is 18.8. The Morgan fingerprint density at radius 3 is 2.00 bits per heavy atom. The summed E-state index contributed by atoms with van der Waals surface area (Å²) < 4.78 is 0. The Labute approximate surface area is 200 Å². The van der Waals surface area contributed by atoms with Crippen molar-refractivity contribution in [1.82, 2.24) is 9.97 Å². The van der Waals surface area contributed by atoms with E-state index in [4.69, 9.17) is 5.73 Å². The lowest BCUT2D eigenvalue weighted by molar-refractivity contribution is -0.116. The van der Waals surface area contributed by atoms with Gasteiger partial charge >= 0.3 is 0 Å². The van der Waals surface area contributed by atoms with Crippen LogP contribution in [0.2, 0.25) is 0 Å². The molecule has 1 amide bonds. The normalized spacial score (nSPS) is 12.0. The summed E-state index contributed by atoms with van der Waals surface area (Å²) in [5, 5.41) is 2.84. The number of carbonyl (C=O) groups is 1. The molecule has 0 spiro atoms. The number of nitrogens with two attached hydrogens (primary N) is 1. The number of rotatable bonds is 15. The first kappa shape index (κ1) is 29.5. The molecular formula is C26H39ClN4O. The maximum atomic E-state index is 12.1. The van der Waals surface area contributed by atoms with Crippen molar-refractivity contribution < 1.29 is 4.79 Å². The summed E-state index contributed by atoms with van der Waals surface area (Å²) in [5.41, 5.74) is 6.41. The van der Waals surface area contributed by atoms with Crippen molar-refractivity contribution in [3.63, 3.8) is 0 Å². The summed E-state index contributed by atoms with van der Waals surface area (Å²) in [4.78, 5) is 20.5. The van der Waals surface area contributed by atoms with Gasteiger partial charge in [0.1, 0.15) is 11.6 Å². The highest BCUT2D eigenvalue weighted by atomic mass is 35.5. The van der Waals surface area contributed by atoms with Crippen LogP contribution in [-0.2, 0) is 11.3 Å². The Hall–Kier alpha value is -2.50. The van der Waals surface area contributed by atoms with Gasteiger partial charge in [-0.2, -0.15) is 0 Å². The van der Waals surface area contributed by atoms with Gasteiger partial charge in [0.05, 0.1) is 0 Å². The van der Waals surface area contributed by atoms with E-state index in [-0.39, 0.29) is 18.3 Å². The van der Waals surface area contributed by atoms with E-state index in [9.17, 15) is 4.79 Å². The van der Waals surface area contributed by atoms with Gasteiger partial charge in [-0.05, 0) is 51.9 Å². The maximum Gasteiger partial charge on any atom is 0.225 e. The summed E-state index contributed by atoms with van der Waals surface area (Å²) in [5.74, 6) is 1.10. The lowest BCUT2D eigenvalue weighted by Gasteiger charge is -2.08. The van der Waals surface area contributed by atoms with Crippen LogP contribution in [0.3, 0.4) is 0 Å². The predicted octanol–water partition coefficient (Wildman–Crippen LogP) is 6.53. The fourth-order valence-electron chi connectivity index (χ4n) is 2.70. The highest BCUT2D eigenvalue weighted by molar-refractivity contribution is 5.90. The lowest BCUT2D eigenvalue weighted by atomic mass is 10.2. The van der Waals surface area contributed by atoms with Crippen LogP contribution in [-0.4, -0.2) is 15.9 Å². The third-order valence-corrected chi connectivity index (χ3v) is 4.40. The van der Waals surface area contributed by atoms with Crippen molar-refractivity contribution in [1.29, 1.82) is 0 Å². The number of aromatic nitrogens is 2. The quantitative estimate of drug-likeness (QED) is 0.231. The van der Waals surface area contributed by atoms with Crippen molar-refractivity contribution >= 4 is 24.1 Å². The second-order valence-corrected chi connectivity index (χ2v) is 7.14. The van der Waals surface area contributed by atoms with Crippen LogP contribution in [0.25, 0.3) is 0 Å². The minimum absolute atomic E-state index is 0. The number of halogens is 1. The van der Waals surface area contributed by atoms with Crippen LogP contribution in [0.15, 0.2) is 67.0 Å². The van der Waals surface area contributed by atoms with Crippen molar-refractivity contribution in [3.8, 4) is 0 Å². The minimum Gasteiger partial charge on any atom is -0.326 e. The Morgan fingerprint density at radius 2 is 1.47 bits per heavy atom. The highest BCUT2D eigenvalue weighted by Gasteiger charge is 2.08. The standard InChI is InChI=1S/C26H38N4O.ClH/c1-3-4-5-6-7-8-9-10-11-12-13-14-15-16-17-18-19-20-25(31)30-26-24(21-27)22-28-23(2)29-26;/h4-5,7-8,10-11,13-14,16-17,22H,3,6,9,12,15,18-21,27H2,1-2H3,(H,28,29,30,31);1H/b5-4-,8-7?,11-10?,14-13-,17-16-;. The van der Waals surface area contributed by atoms with E-state index in [1.807, 2.05) is 0 Å². The van der Waals surface area contributed by atoms with Gasteiger partial charge in [-0.1, -0.05) is 67.7 Å². The second kappa shape index (κ2) is 20.4. The van der Waals surface area contributed by atoms with Gasteiger partial charge in [-0.25, -0.2) is 9.97 Å². The molecule has 0 aromatic carbocycles. The van der Waals surface area contributed by atoms with Crippen LogP contribution >= 0.6 is 12.4 Å². The topological polar surface area (TPSA) is 80.9 Å². The number of hydrogen-bond acceptors (Lipinski definition) is 4. The van der Waals surface area contributed by atoms with Crippen molar-refractivity contribution in [2.45, 2.75) is 71.8 Å². The first-order valence-corrected chi connectivity index (χ1v) is 11.2. The van der Waals surface area contributed by atoms with E-state index in [2.05, 4.69) is 83.0 Å². The first-order chi connectivity index (χ1) is 15.2. The number of aryl methyl sites for hydroxylation is 1. The van der Waals surface area contributed by atoms with Crippen LogP contribution < -0.4 is 11.1 Å². The molecule has 5 nitrogen and oxygen atoms in total. The molecule has 32 heavy (non-hydrogen) atoms. The van der Waals surface area contributed by atoms with Gasteiger partial charge in [-0.3, -0.25) is 4.79 Å². The fourth-order valence-corrected chi connectivity index (χ4v) is 2.70. The van der Waals surface area contributed by atoms with Crippen molar-refractivity contribution in [3.05, 3.63) is 78.3 Å². The number of anilines is 1. The van der Waals surface area contributed by atoms with Gasteiger partial charge in [0, 0.05) is 24.7 Å². The minimum atomic E-state index is -0.0415. The van der Waals surface area contributed by atoms with E-state index < -0.39 is 0 Å². The van der Waals surface area contributed by atoms with E-state index in [0.29, 0.717) is 24.6 Å². The summed E-state index contributed by atoms with van der Waals surface area (Å²) in [6.45, 7) is 4.24. The molecule has 0 aliphatic rings. The summed E-state index contributed by atoms with van der Waals surface area (Å²) >= 11 is 0. The molecular weight excluding hydrogens is 420 g/mol. The van der Waals surface area contributed by atoms with Crippen LogP contribution in [0.1, 0.15) is 69.7 Å². The molecule has 0 aliphatic carbocycles. The third kappa shape index (κ3) is 15.3. The molecule has 0 saturated heterocycles. The molecule has 1 aromatic heterocycles. The van der Waals surface area contributed by atoms with Gasteiger partial charge < -0.3 is 11.1 Å². The average molecular weight is 459 g/mol. The molecule has 0 aliphatic heterocycles. The van der Waals surface area contributed by atoms with Gasteiger partial charge in [0.25, 0.3) is 0 Å². The zero-order chi connectivity index (χ0) is 22.6. The van der Waals surface area contributed by atoms with E-state index in [1.54, 1.807) is 13.1 Å². The Bertz CT molecular complexity index is 782. The lowest BCUT2D eigenvalue weighted by Crippen LogP contribution is -2.16. The summed E-state index contributed by atoms with van der Waals surface area (Å²) in [7, 11) is 0. The Balaban J connectivity index is 0.00000961. The molecule has 3 N–H and O–H groups in total. The predicted molar refractivity (Wildman–Crippen MR) is 139 cm³/mol. The van der Waals surface area contributed by atoms with Crippen molar-refractivity contribution in [2.24, 2.45) is 5.73 Å². The molecule has 0 unspecified atom stereocenters. The highest BCUT2D eigenvalue weighted by Crippen LogP contribution is 2.11.